The Labute approximate surface area is 139 Å². The summed E-state index contributed by atoms with van der Waals surface area (Å²) in [6, 6.07) is 5.63. The van der Waals surface area contributed by atoms with Crippen molar-refractivity contribution in [2.45, 2.75) is 33.2 Å². The molecule has 1 aromatic carbocycles. The summed E-state index contributed by atoms with van der Waals surface area (Å²) in [7, 11) is 1.60. The Kier molecular flexibility index (Phi) is 6.28. The number of rotatable bonds is 6. The molecule has 1 heterocycles. The van der Waals surface area contributed by atoms with Crippen LogP contribution in [0.1, 0.15) is 37.6 Å². The zero-order chi connectivity index (χ0) is 16.8. The van der Waals surface area contributed by atoms with E-state index in [9.17, 15) is 4.79 Å². The number of hydrogen-bond acceptors (Lipinski definition) is 4. The fourth-order valence-electron chi connectivity index (χ4n) is 2.63. The molecule has 2 rings (SSSR count). The van der Waals surface area contributed by atoms with Crippen molar-refractivity contribution < 1.29 is 14.3 Å². The number of piperazine rings is 1. The number of carbonyl (C=O) groups excluding carboxylic acids is 1. The second kappa shape index (κ2) is 8.20. The lowest BCUT2D eigenvalue weighted by Gasteiger charge is -2.34. The van der Waals surface area contributed by atoms with Gasteiger partial charge in [0.2, 0.25) is 0 Å². The second-order valence-corrected chi connectivity index (χ2v) is 6.45. The van der Waals surface area contributed by atoms with Gasteiger partial charge in [-0.25, -0.2) is 0 Å². The Hall–Kier alpha value is -1.75. The summed E-state index contributed by atoms with van der Waals surface area (Å²) in [6.07, 6.45) is 0.988. The number of carbonyl (C=O) groups is 1. The minimum absolute atomic E-state index is 0.0473. The van der Waals surface area contributed by atoms with Crippen LogP contribution < -0.4 is 14.8 Å². The maximum atomic E-state index is 12.7. The molecule has 0 spiro atoms. The van der Waals surface area contributed by atoms with Crippen LogP contribution in [0.5, 0.6) is 11.5 Å². The fraction of sp³-hybridized carbons (Fsp3) is 0.611. The summed E-state index contributed by atoms with van der Waals surface area (Å²) in [4.78, 5) is 14.6. The normalized spacial score (nSPS) is 18.1. The van der Waals surface area contributed by atoms with Gasteiger partial charge >= 0.3 is 0 Å². The molecule has 0 radical (unpaired) electrons. The van der Waals surface area contributed by atoms with Gasteiger partial charge in [0, 0.05) is 31.2 Å². The molecule has 0 aliphatic carbocycles. The van der Waals surface area contributed by atoms with E-state index in [1.165, 1.54) is 0 Å². The van der Waals surface area contributed by atoms with Gasteiger partial charge in [-0.05, 0) is 37.5 Å². The Morgan fingerprint density at radius 2 is 2.17 bits per heavy atom. The van der Waals surface area contributed by atoms with Crippen molar-refractivity contribution in [1.29, 1.82) is 0 Å². The lowest BCUT2D eigenvalue weighted by atomic mass is 10.1. The van der Waals surface area contributed by atoms with E-state index in [1.54, 1.807) is 13.2 Å². The lowest BCUT2D eigenvalue weighted by molar-refractivity contribution is 0.0655. The van der Waals surface area contributed by atoms with Crippen molar-refractivity contribution in [1.82, 2.24) is 10.2 Å². The first-order valence-electron chi connectivity index (χ1n) is 8.35. The molecule has 0 aromatic heterocycles. The quantitative estimate of drug-likeness (QED) is 0.875. The molecule has 128 valence electrons. The lowest BCUT2D eigenvalue weighted by Crippen LogP contribution is -2.52. The van der Waals surface area contributed by atoms with Gasteiger partial charge in [0.05, 0.1) is 13.7 Å². The van der Waals surface area contributed by atoms with E-state index >= 15 is 0 Å². The van der Waals surface area contributed by atoms with Crippen LogP contribution in [0.3, 0.4) is 0 Å². The van der Waals surface area contributed by atoms with Crippen LogP contribution in [0.2, 0.25) is 0 Å². The van der Waals surface area contributed by atoms with E-state index in [4.69, 9.17) is 9.47 Å². The Bertz CT molecular complexity index is 531. The zero-order valence-corrected chi connectivity index (χ0v) is 14.6. The van der Waals surface area contributed by atoms with E-state index in [0.29, 0.717) is 29.6 Å². The van der Waals surface area contributed by atoms with Crippen molar-refractivity contribution in [2.24, 2.45) is 5.92 Å². The largest absolute Gasteiger partial charge is 0.493 e. The number of methoxy groups -OCH3 is 1. The summed E-state index contributed by atoms with van der Waals surface area (Å²) in [5, 5.41) is 3.30. The highest BCUT2D eigenvalue weighted by Crippen LogP contribution is 2.29. The number of ether oxygens (including phenoxy) is 2. The molecule has 1 saturated heterocycles. The molecule has 1 aliphatic heterocycles. The second-order valence-electron chi connectivity index (χ2n) is 6.45. The van der Waals surface area contributed by atoms with E-state index < -0.39 is 0 Å². The third-order valence-electron chi connectivity index (χ3n) is 4.13. The van der Waals surface area contributed by atoms with E-state index in [2.05, 4.69) is 26.1 Å². The highest BCUT2D eigenvalue weighted by atomic mass is 16.5. The fourth-order valence-corrected chi connectivity index (χ4v) is 2.63. The van der Waals surface area contributed by atoms with Gasteiger partial charge in [-0.15, -0.1) is 0 Å². The molecule has 5 heteroatoms. The minimum Gasteiger partial charge on any atom is -0.493 e. The van der Waals surface area contributed by atoms with Gasteiger partial charge < -0.3 is 19.7 Å². The Balaban J connectivity index is 2.09. The average molecular weight is 320 g/mol. The maximum absolute atomic E-state index is 12.7. The first kappa shape index (κ1) is 17.6. The molecule has 23 heavy (non-hydrogen) atoms. The van der Waals surface area contributed by atoms with E-state index in [0.717, 1.165) is 26.1 Å². The smallest absolute Gasteiger partial charge is 0.254 e. The molecule has 1 aliphatic rings. The summed E-state index contributed by atoms with van der Waals surface area (Å²) in [5.41, 5.74) is 0.645. The van der Waals surface area contributed by atoms with Gasteiger partial charge in [0.1, 0.15) is 0 Å². The molecule has 0 bridgehead atoms. The van der Waals surface area contributed by atoms with Gasteiger partial charge in [0.15, 0.2) is 11.5 Å². The predicted octanol–water partition coefficient (Wildman–Crippen LogP) is 2.55. The van der Waals surface area contributed by atoms with Gasteiger partial charge in [-0.3, -0.25) is 4.79 Å². The highest BCUT2D eigenvalue weighted by molar-refractivity contribution is 5.95. The summed E-state index contributed by atoms with van der Waals surface area (Å²) >= 11 is 0. The van der Waals surface area contributed by atoms with Gasteiger partial charge in [-0.2, -0.15) is 0 Å². The van der Waals surface area contributed by atoms with Crippen LogP contribution in [0.4, 0.5) is 0 Å². The standard InChI is InChI=1S/C18H28N2O3/c1-13(2)7-10-23-16-6-5-15(11-17(16)22-4)18(21)20-9-8-19-12-14(20)3/h5-6,11,13-14,19H,7-10,12H2,1-4H3. The molecule has 1 N–H and O–H groups in total. The Morgan fingerprint density at radius 1 is 1.39 bits per heavy atom. The molecule has 1 aromatic rings. The minimum atomic E-state index is 0.0473. The SMILES string of the molecule is COc1cc(C(=O)N2CCNCC2C)ccc1OCCC(C)C. The summed E-state index contributed by atoms with van der Waals surface area (Å²) in [6.45, 7) is 9.44. The zero-order valence-electron chi connectivity index (χ0n) is 14.6. The molecule has 1 unspecified atom stereocenters. The number of amides is 1. The van der Waals surface area contributed by atoms with Crippen molar-refractivity contribution in [2.75, 3.05) is 33.4 Å². The number of hydrogen-bond donors (Lipinski definition) is 1. The number of nitrogens with one attached hydrogen (secondary N) is 1. The summed E-state index contributed by atoms with van der Waals surface area (Å²) < 4.78 is 11.2. The van der Waals surface area contributed by atoms with Crippen molar-refractivity contribution >= 4 is 5.91 Å². The van der Waals surface area contributed by atoms with Crippen LogP contribution in [-0.4, -0.2) is 50.2 Å². The highest BCUT2D eigenvalue weighted by Gasteiger charge is 2.24. The van der Waals surface area contributed by atoms with E-state index in [1.807, 2.05) is 17.0 Å². The molecule has 1 fully saturated rings. The van der Waals surface area contributed by atoms with Gasteiger partial charge in [-0.1, -0.05) is 13.8 Å². The van der Waals surface area contributed by atoms with Crippen molar-refractivity contribution in [3.63, 3.8) is 0 Å². The van der Waals surface area contributed by atoms with Crippen LogP contribution in [0.15, 0.2) is 18.2 Å². The number of nitrogens with zero attached hydrogens (tertiary/aromatic N) is 1. The summed E-state index contributed by atoms with van der Waals surface area (Å²) in [5.74, 6) is 1.95. The first-order valence-corrected chi connectivity index (χ1v) is 8.35. The van der Waals surface area contributed by atoms with Crippen LogP contribution in [0.25, 0.3) is 0 Å². The topological polar surface area (TPSA) is 50.8 Å². The van der Waals surface area contributed by atoms with Gasteiger partial charge in [0.25, 0.3) is 5.91 Å². The van der Waals surface area contributed by atoms with E-state index in [-0.39, 0.29) is 11.9 Å². The third-order valence-corrected chi connectivity index (χ3v) is 4.13. The van der Waals surface area contributed by atoms with Crippen molar-refractivity contribution in [3.05, 3.63) is 23.8 Å². The average Bonchev–Trinajstić information content (AvgIpc) is 2.54. The molecule has 5 nitrogen and oxygen atoms in total. The van der Waals surface area contributed by atoms with Crippen LogP contribution in [-0.2, 0) is 0 Å². The molecule has 1 atom stereocenters. The van der Waals surface area contributed by atoms with Crippen molar-refractivity contribution in [3.8, 4) is 11.5 Å². The molecule has 0 saturated carbocycles. The Morgan fingerprint density at radius 3 is 2.83 bits per heavy atom. The van der Waals surface area contributed by atoms with Crippen LogP contribution in [0, 0.1) is 5.92 Å². The number of benzene rings is 1. The predicted molar refractivity (Wildman–Crippen MR) is 91.3 cm³/mol. The molecular weight excluding hydrogens is 292 g/mol. The first-order chi connectivity index (χ1) is 11.0. The third kappa shape index (κ3) is 4.61. The van der Waals surface area contributed by atoms with Crippen LogP contribution >= 0.6 is 0 Å². The maximum Gasteiger partial charge on any atom is 0.254 e. The molecule has 1 amide bonds. The molecular formula is C18H28N2O3. The monoisotopic (exact) mass is 320 g/mol.